The minimum Gasteiger partial charge on any atom is -0.394 e. The number of amides is 2. The number of rotatable bonds is 5. The Kier molecular flexibility index (Phi) is 8.77. The van der Waals surface area contributed by atoms with Gasteiger partial charge in [-0.2, -0.15) is 0 Å². The summed E-state index contributed by atoms with van der Waals surface area (Å²) in [5.74, 6) is -0.242. The fourth-order valence-electron chi connectivity index (χ4n) is 1.70. The molecule has 4 N–H and O–H groups in total. The summed E-state index contributed by atoms with van der Waals surface area (Å²) in [5.41, 5.74) is 4.93. The summed E-state index contributed by atoms with van der Waals surface area (Å²) in [4.78, 5) is 23.6. The first-order valence-electron chi connectivity index (χ1n) is 6.09. The molecule has 0 saturated carbocycles. The molecular formula is C12H23N3O4. The van der Waals surface area contributed by atoms with Crippen molar-refractivity contribution < 1.29 is 19.4 Å². The molecule has 0 aliphatic carbocycles. The second kappa shape index (κ2) is 9.48. The van der Waals surface area contributed by atoms with E-state index in [1.54, 1.807) is 6.92 Å². The van der Waals surface area contributed by atoms with Gasteiger partial charge in [-0.25, -0.2) is 0 Å². The highest BCUT2D eigenvalue weighted by Crippen LogP contribution is 2.22. The molecule has 7 nitrogen and oxygen atoms in total. The number of hydrogen-bond acceptors (Lipinski definition) is 5. The van der Waals surface area contributed by atoms with Gasteiger partial charge in [-0.1, -0.05) is 0 Å². The standard InChI is InChI=1S/C11H18N2O4.CH5N/c1-8(11(16)12-2)5-13(7-15)10-4-3-9(6-14)17-10;1-2/h5,7,9-10,14H,3-4,6H2,1-2H3,(H,12,16);2H2,1H3/b8-5-;. The zero-order chi connectivity index (χ0) is 14.8. The van der Waals surface area contributed by atoms with Gasteiger partial charge in [-0.15, -0.1) is 0 Å². The normalized spacial score (nSPS) is 22.3. The van der Waals surface area contributed by atoms with Gasteiger partial charge in [0.15, 0.2) is 0 Å². The molecule has 2 unspecified atom stereocenters. The lowest BCUT2D eigenvalue weighted by Crippen LogP contribution is -2.31. The first-order chi connectivity index (χ1) is 9.12. The van der Waals surface area contributed by atoms with Gasteiger partial charge in [0.2, 0.25) is 12.3 Å². The van der Waals surface area contributed by atoms with Crippen LogP contribution in [0.5, 0.6) is 0 Å². The van der Waals surface area contributed by atoms with Crippen LogP contribution in [-0.4, -0.2) is 55.4 Å². The van der Waals surface area contributed by atoms with Gasteiger partial charge in [-0.3, -0.25) is 14.5 Å². The maximum atomic E-state index is 11.3. The third kappa shape index (κ3) is 5.37. The molecule has 1 fully saturated rings. The largest absolute Gasteiger partial charge is 0.394 e. The first-order valence-corrected chi connectivity index (χ1v) is 6.09. The third-order valence-electron chi connectivity index (χ3n) is 2.67. The highest BCUT2D eigenvalue weighted by Gasteiger charge is 2.28. The molecule has 0 bridgehead atoms. The molecule has 1 rings (SSSR count). The van der Waals surface area contributed by atoms with Crippen molar-refractivity contribution >= 4 is 12.3 Å². The van der Waals surface area contributed by atoms with E-state index in [-0.39, 0.29) is 18.6 Å². The molecule has 0 aromatic rings. The number of likely N-dealkylation sites (N-methyl/N-ethyl adjacent to an activating group) is 1. The van der Waals surface area contributed by atoms with Crippen molar-refractivity contribution in [2.24, 2.45) is 5.73 Å². The number of nitrogens with two attached hydrogens (primary N) is 1. The van der Waals surface area contributed by atoms with Crippen LogP contribution in [0.2, 0.25) is 0 Å². The van der Waals surface area contributed by atoms with Crippen LogP contribution < -0.4 is 11.1 Å². The monoisotopic (exact) mass is 273 g/mol. The van der Waals surface area contributed by atoms with Gasteiger partial charge < -0.3 is 20.9 Å². The number of nitrogens with one attached hydrogen (secondary N) is 1. The molecule has 1 aliphatic heterocycles. The molecule has 110 valence electrons. The van der Waals surface area contributed by atoms with E-state index in [4.69, 9.17) is 9.84 Å². The Labute approximate surface area is 113 Å². The van der Waals surface area contributed by atoms with Gasteiger partial charge in [-0.05, 0) is 26.8 Å². The average Bonchev–Trinajstić information content (AvgIpc) is 2.94. The van der Waals surface area contributed by atoms with E-state index in [1.807, 2.05) is 0 Å². The Bertz CT molecular complexity index is 320. The Morgan fingerprint density at radius 3 is 2.58 bits per heavy atom. The van der Waals surface area contributed by atoms with E-state index in [2.05, 4.69) is 11.1 Å². The molecule has 1 heterocycles. The zero-order valence-electron chi connectivity index (χ0n) is 11.6. The Morgan fingerprint density at radius 1 is 1.53 bits per heavy atom. The van der Waals surface area contributed by atoms with Crippen LogP contribution in [-0.2, 0) is 14.3 Å². The topological polar surface area (TPSA) is 105 Å². The predicted molar refractivity (Wildman–Crippen MR) is 70.8 cm³/mol. The quantitative estimate of drug-likeness (QED) is 0.448. The van der Waals surface area contributed by atoms with E-state index in [0.29, 0.717) is 24.8 Å². The molecule has 1 aliphatic rings. The zero-order valence-corrected chi connectivity index (χ0v) is 11.6. The Balaban J connectivity index is 0.00000154. The fourth-order valence-corrected chi connectivity index (χ4v) is 1.70. The van der Waals surface area contributed by atoms with Crippen molar-refractivity contribution in [3.05, 3.63) is 11.8 Å². The van der Waals surface area contributed by atoms with E-state index in [1.165, 1.54) is 25.2 Å². The summed E-state index contributed by atoms with van der Waals surface area (Å²) in [6.07, 6.45) is 2.81. The van der Waals surface area contributed by atoms with Crippen molar-refractivity contribution in [2.75, 3.05) is 20.7 Å². The Hall–Kier alpha value is -1.44. The number of aliphatic hydroxyl groups excluding tert-OH is 1. The average molecular weight is 273 g/mol. The lowest BCUT2D eigenvalue weighted by atomic mass is 10.2. The number of nitrogens with zero attached hydrogens (tertiary/aromatic N) is 1. The second-order valence-electron chi connectivity index (χ2n) is 3.92. The van der Waals surface area contributed by atoms with Crippen LogP contribution in [0.15, 0.2) is 11.8 Å². The maximum Gasteiger partial charge on any atom is 0.248 e. The highest BCUT2D eigenvalue weighted by atomic mass is 16.5. The van der Waals surface area contributed by atoms with Gasteiger partial charge >= 0.3 is 0 Å². The predicted octanol–water partition coefficient (Wildman–Crippen LogP) is -0.833. The number of ether oxygens (including phenoxy) is 1. The van der Waals surface area contributed by atoms with E-state index in [9.17, 15) is 9.59 Å². The van der Waals surface area contributed by atoms with Crippen LogP contribution >= 0.6 is 0 Å². The van der Waals surface area contributed by atoms with Crippen LogP contribution in [0.4, 0.5) is 0 Å². The summed E-state index contributed by atoms with van der Waals surface area (Å²) < 4.78 is 5.45. The molecule has 0 aromatic carbocycles. The van der Waals surface area contributed by atoms with Crippen molar-refractivity contribution in [2.45, 2.75) is 32.1 Å². The van der Waals surface area contributed by atoms with E-state index >= 15 is 0 Å². The van der Waals surface area contributed by atoms with Crippen molar-refractivity contribution in [1.29, 1.82) is 0 Å². The van der Waals surface area contributed by atoms with Crippen molar-refractivity contribution in [3.8, 4) is 0 Å². The minimum atomic E-state index is -0.399. The van der Waals surface area contributed by atoms with E-state index < -0.39 is 6.23 Å². The van der Waals surface area contributed by atoms with Crippen LogP contribution in [0, 0.1) is 0 Å². The van der Waals surface area contributed by atoms with Crippen LogP contribution in [0.1, 0.15) is 19.8 Å². The molecule has 0 radical (unpaired) electrons. The lowest BCUT2D eigenvalue weighted by molar-refractivity contribution is -0.127. The second-order valence-corrected chi connectivity index (χ2v) is 3.92. The van der Waals surface area contributed by atoms with Crippen molar-refractivity contribution in [1.82, 2.24) is 10.2 Å². The fraction of sp³-hybridized carbons (Fsp3) is 0.667. The summed E-state index contributed by atoms with van der Waals surface area (Å²) >= 11 is 0. The van der Waals surface area contributed by atoms with Gasteiger partial charge in [0, 0.05) is 18.8 Å². The summed E-state index contributed by atoms with van der Waals surface area (Å²) in [5, 5.41) is 11.4. The molecule has 2 amide bonds. The molecular weight excluding hydrogens is 250 g/mol. The summed E-state index contributed by atoms with van der Waals surface area (Å²) in [6, 6.07) is 0. The maximum absolute atomic E-state index is 11.3. The van der Waals surface area contributed by atoms with Crippen molar-refractivity contribution in [3.63, 3.8) is 0 Å². The first kappa shape index (κ1) is 17.6. The Morgan fingerprint density at radius 2 is 2.16 bits per heavy atom. The highest BCUT2D eigenvalue weighted by molar-refractivity contribution is 5.92. The van der Waals surface area contributed by atoms with Crippen LogP contribution in [0.25, 0.3) is 0 Å². The van der Waals surface area contributed by atoms with Gasteiger partial charge in [0.05, 0.1) is 12.7 Å². The van der Waals surface area contributed by atoms with Gasteiger partial charge in [0.25, 0.3) is 0 Å². The smallest absolute Gasteiger partial charge is 0.248 e. The number of hydrogen-bond donors (Lipinski definition) is 3. The molecule has 1 saturated heterocycles. The molecule has 0 spiro atoms. The molecule has 0 aromatic heterocycles. The van der Waals surface area contributed by atoms with Crippen LogP contribution in [0.3, 0.4) is 0 Å². The SMILES string of the molecule is CN.CNC(=O)/C(C)=C\N(C=O)C1CCC(CO)O1. The number of carbonyl (C=O) groups is 2. The number of carbonyl (C=O) groups excluding carboxylic acids is 2. The molecule has 19 heavy (non-hydrogen) atoms. The number of aliphatic hydroxyl groups is 1. The molecule has 7 heteroatoms. The lowest BCUT2D eigenvalue weighted by Gasteiger charge is -2.21. The summed E-state index contributed by atoms with van der Waals surface area (Å²) in [6.45, 7) is 1.56. The summed E-state index contributed by atoms with van der Waals surface area (Å²) in [7, 11) is 3.03. The molecule has 2 atom stereocenters. The minimum absolute atomic E-state index is 0.0542. The van der Waals surface area contributed by atoms with Gasteiger partial charge in [0.1, 0.15) is 6.23 Å². The van der Waals surface area contributed by atoms with E-state index in [0.717, 1.165) is 0 Å². The third-order valence-corrected chi connectivity index (χ3v) is 2.67.